The third kappa shape index (κ3) is 4.33. The van der Waals surface area contributed by atoms with Gasteiger partial charge >= 0.3 is 5.97 Å². The molecule has 2 N–H and O–H groups in total. The van der Waals surface area contributed by atoms with Crippen LogP contribution in [0.25, 0.3) is 0 Å². The van der Waals surface area contributed by atoms with Crippen molar-refractivity contribution in [2.45, 2.75) is 19.4 Å². The number of aryl methyl sites for hydroxylation is 1. The highest BCUT2D eigenvalue weighted by atomic mass is 16.5. The minimum atomic E-state index is -0.662. The Morgan fingerprint density at radius 3 is 2.52 bits per heavy atom. The highest BCUT2D eigenvalue weighted by Gasteiger charge is 2.14. The molecule has 21 heavy (non-hydrogen) atoms. The molecule has 0 bridgehead atoms. The molecule has 0 aliphatic carbocycles. The van der Waals surface area contributed by atoms with E-state index in [0.717, 1.165) is 11.3 Å². The van der Waals surface area contributed by atoms with Gasteiger partial charge in [-0.05, 0) is 43.2 Å². The molecule has 2 aromatic carbocycles. The number of hydrogen-bond acceptors (Lipinski definition) is 4. The zero-order valence-corrected chi connectivity index (χ0v) is 12.2. The molecule has 1 atom stereocenters. The summed E-state index contributed by atoms with van der Waals surface area (Å²) in [6.07, 6.45) is 0.414. The van der Waals surface area contributed by atoms with Gasteiger partial charge in [-0.15, -0.1) is 0 Å². The molecule has 0 aliphatic heterocycles. The van der Waals surface area contributed by atoms with E-state index < -0.39 is 12.0 Å². The quantitative estimate of drug-likeness (QED) is 0.858. The maximum atomic E-state index is 11.3. The first-order valence-corrected chi connectivity index (χ1v) is 6.75. The number of methoxy groups -OCH3 is 1. The van der Waals surface area contributed by atoms with Crippen LogP contribution in [0.1, 0.15) is 11.1 Å². The lowest BCUT2D eigenvalue weighted by atomic mass is 10.1. The minimum absolute atomic E-state index is 0.414. The number of ether oxygens (including phenoxy) is 2. The Kier molecular flexibility index (Phi) is 4.95. The first kappa shape index (κ1) is 15.1. The summed E-state index contributed by atoms with van der Waals surface area (Å²) in [7, 11) is 1.33. The van der Waals surface area contributed by atoms with Gasteiger partial charge in [-0.25, -0.2) is 0 Å². The van der Waals surface area contributed by atoms with E-state index in [4.69, 9.17) is 10.5 Å². The van der Waals surface area contributed by atoms with Crippen molar-refractivity contribution in [1.29, 1.82) is 0 Å². The van der Waals surface area contributed by atoms with Crippen LogP contribution in [0.3, 0.4) is 0 Å². The molecule has 2 aromatic rings. The van der Waals surface area contributed by atoms with Gasteiger partial charge in [-0.3, -0.25) is 4.79 Å². The van der Waals surface area contributed by atoms with Crippen molar-refractivity contribution in [2.24, 2.45) is 5.73 Å². The van der Waals surface area contributed by atoms with Crippen LogP contribution in [-0.2, 0) is 16.0 Å². The van der Waals surface area contributed by atoms with Gasteiger partial charge in [0.2, 0.25) is 0 Å². The van der Waals surface area contributed by atoms with E-state index in [1.54, 1.807) is 0 Å². The predicted octanol–water partition coefficient (Wildman–Crippen LogP) is 2.83. The van der Waals surface area contributed by atoms with Gasteiger partial charge in [0, 0.05) is 0 Å². The van der Waals surface area contributed by atoms with Crippen LogP contribution < -0.4 is 10.5 Å². The molecular weight excluding hydrogens is 266 g/mol. The first-order valence-electron chi connectivity index (χ1n) is 6.75. The Hall–Kier alpha value is -2.33. The largest absolute Gasteiger partial charge is 0.468 e. The number of nitrogens with two attached hydrogens (primary N) is 1. The average molecular weight is 285 g/mol. The van der Waals surface area contributed by atoms with Crippen molar-refractivity contribution in [3.63, 3.8) is 0 Å². The molecule has 0 fully saturated rings. The van der Waals surface area contributed by atoms with Gasteiger partial charge in [0.15, 0.2) is 0 Å². The molecule has 0 spiro atoms. The zero-order valence-electron chi connectivity index (χ0n) is 12.2. The summed E-state index contributed by atoms with van der Waals surface area (Å²) in [5.74, 6) is 1.07. The van der Waals surface area contributed by atoms with Gasteiger partial charge in [-0.1, -0.05) is 29.8 Å². The molecule has 0 saturated heterocycles. The Morgan fingerprint density at radius 1 is 1.14 bits per heavy atom. The smallest absolute Gasteiger partial charge is 0.322 e. The molecular formula is C17H19NO3. The molecule has 0 aliphatic rings. The second-order valence-corrected chi connectivity index (χ2v) is 4.90. The summed E-state index contributed by atoms with van der Waals surface area (Å²) in [6, 6.07) is 14.7. The van der Waals surface area contributed by atoms with E-state index in [-0.39, 0.29) is 0 Å². The molecule has 0 unspecified atom stereocenters. The highest BCUT2D eigenvalue weighted by Crippen LogP contribution is 2.23. The summed E-state index contributed by atoms with van der Waals surface area (Å²) < 4.78 is 10.4. The number of esters is 1. The maximum absolute atomic E-state index is 11.3. The van der Waals surface area contributed by atoms with Crippen LogP contribution in [0.5, 0.6) is 11.5 Å². The topological polar surface area (TPSA) is 61.5 Å². The first-order chi connectivity index (χ1) is 10.1. The third-order valence-corrected chi connectivity index (χ3v) is 3.11. The lowest BCUT2D eigenvalue weighted by Gasteiger charge is -2.11. The van der Waals surface area contributed by atoms with Gasteiger partial charge in [0.05, 0.1) is 7.11 Å². The van der Waals surface area contributed by atoms with Gasteiger partial charge in [0.1, 0.15) is 17.5 Å². The number of rotatable bonds is 5. The van der Waals surface area contributed by atoms with Crippen molar-refractivity contribution in [1.82, 2.24) is 0 Å². The summed E-state index contributed by atoms with van der Waals surface area (Å²) in [5, 5.41) is 0. The third-order valence-electron chi connectivity index (χ3n) is 3.11. The molecule has 0 radical (unpaired) electrons. The second-order valence-electron chi connectivity index (χ2n) is 4.90. The molecule has 0 heterocycles. The Balaban J connectivity index is 2.07. The van der Waals surface area contributed by atoms with E-state index in [1.807, 2.05) is 55.5 Å². The van der Waals surface area contributed by atoms with Gasteiger partial charge in [-0.2, -0.15) is 0 Å². The zero-order chi connectivity index (χ0) is 15.2. The lowest BCUT2D eigenvalue weighted by Crippen LogP contribution is -2.33. The van der Waals surface area contributed by atoms with E-state index in [0.29, 0.717) is 12.2 Å². The monoisotopic (exact) mass is 285 g/mol. The highest BCUT2D eigenvalue weighted by molar-refractivity contribution is 5.75. The van der Waals surface area contributed by atoms with Crippen molar-refractivity contribution in [3.8, 4) is 11.5 Å². The second kappa shape index (κ2) is 6.90. The number of hydrogen-bond donors (Lipinski definition) is 1. The van der Waals surface area contributed by atoms with Gasteiger partial charge in [0.25, 0.3) is 0 Å². The van der Waals surface area contributed by atoms with Crippen LogP contribution in [0, 0.1) is 6.92 Å². The Labute approximate surface area is 124 Å². The predicted molar refractivity (Wildman–Crippen MR) is 81.4 cm³/mol. The number of carbonyl (C=O) groups excluding carboxylic acids is 1. The molecule has 2 rings (SSSR count). The molecule has 0 aromatic heterocycles. The van der Waals surface area contributed by atoms with Crippen LogP contribution >= 0.6 is 0 Å². The molecule has 0 saturated carbocycles. The lowest BCUT2D eigenvalue weighted by molar-refractivity contribution is -0.142. The fraction of sp³-hybridized carbons (Fsp3) is 0.235. The van der Waals surface area contributed by atoms with Crippen LogP contribution in [0.15, 0.2) is 48.5 Å². The summed E-state index contributed by atoms with van der Waals surface area (Å²) in [6.45, 7) is 2.03. The van der Waals surface area contributed by atoms with Crippen molar-refractivity contribution in [3.05, 3.63) is 59.7 Å². The minimum Gasteiger partial charge on any atom is -0.468 e. The fourth-order valence-electron chi connectivity index (χ4n) is 1.97. The van der Waals surface area contributed by atoms with Crippen LogP contribution in [-0.4, -0.2) is 19.1 Å². The van der Waals surface area contributed by atoms with E-state index in [2.05, 4.69) is 4.74 Å². The van der Waals surface area contributed by atoms with Crippen molar-refractivity contribution >= 4 is 5.97 Å². The fourth-order valence-corrected chi connectivity index (χ4v) is 1.97. The van der Waals surface area contributed by atoms with Gasteiger partial charge < -0.3 is 15.2 Å². The maximum Gasteiger partial charge on any atom is 0.322 e. The summed E-state index contributed by atoms with van der Waals surface area (Å²) in [4.78, 5) is 11.3. The molecule has 0 amide bonds. The van der Waals surface area contributed by atoms with E-state index in [9.17, 15) is 4.79 Å². The average Bonchev–Trinajstić information content (AvgIpc) is 2.49. The van der Waals surface area contributed by atoms with Crippen LogP contribution in [0.4, 0.5) is 0 Å². The number of carbonyl (C=O) groups is 1. The molecule has 110 valence electrons. The van der Waals surface area contributed by atoms with Crippen LogP contribution in [0.2, 0.25) is 0 Å². The van der Waals surface area contributed by atoms with E-state index >= 15 is 0 Å². The van der Waals surface area contributed by atoms with E-state index in [1.165, 1.54) is 12.7 Å². The summed E-state index contributed by atoms with van der Waals surface area (Å²) in [5.41, 5.74) is 7.87. The Bertz CT molecular complexity index is 608. The molecule has 4 nitrogen and oxygen atoms in total. The SMILES string of the molecule is COC(=O)[C@H](N)Cc1cccc(Oc2ccc(C)cc2)c1. The Morgan fingerprint density at radius 2 is 1.86 bits per heavy atom. The normalized spacial score (nSPS) is 11.8. The van der Waals surface area contributed by atoms with Crippen molar-refractivity contribution in [2.75, 3.05) is 7.11 Å². The standard InChI is InChI=1S/C17H19NO3/c1-12-6-8-14(9-7-12)21-15-5-3-4-13(10-15)11-16(18)17(19)20-2/h3-10,16H,11,18H2,1-2H3/t16-/m1/s1. The number of benzene rings is 2. The van der Waals surface area contributed by atoms with Crippen molar-refractivity contribution < 1.29 is 14.3 Å². The molecule has 4 heteroatoms. The summed E-state index contributed by atoms with van der Waals surface area (Å²) >= 11 is 0.